The lowest BCUT2D eigenvalue weighted by atomic mass is 10.2. The van der Waals surface area contributed by atoms with Crippen molar-refractivity contribution >= 4 is 11.9 Å². The zero-order valence-corrected chi connectivity index (χ0v) is 11.2. The molecule has 0 spiro atoms. The summed E-state index contributed by atoms with van der Waals surface area (Å²) in [6, 6.07) is 1.88. The van der Waals surface area contributed by atoms with E-state index in [-0.39, 0.29) is 11.9 Å². The van der Waals surface area contributed by atoms with Crippen molar-refractivity contribution in [2.75, 3.05) is 13.7 Å². The first-order chi connectivity index (χ1) is 8.60. The van der Waals surface area contributed by atoms with Crippen LogP contribution in [0.3, 0.4) is 0 Å². The Morgan fingerprint density at radius 3 is 2.78 bits per heavy atom. The number of carbonyl (C=O) groups is 2. The van der Waals surface area contributed by atoms with Crippen molar-refractivity contribution in [3.8, 4) is 0 Å². The Morgan fingerprint density at radius 2 is 2.17 bits per heavy atom. The van der Waals surface area contributed by atoms with Gasteiger partial charge in [0.1, 0.15) is 5.69 Å². The maximum Gasteiger partial charge on any atom is 0.355 e. The van der Waals surface area contributed by atoms with Crippen LogP contribution in [0.15, 0.2) is 12.3 Å². The third-order valence-electron chi connectivity index (χ3n) is 2.72. The molecule has 5 heteroatoms. The molecule has 1 aromatic rings. The summed E-state index contributed by atoms with van der Waals surface area (Å²) in [5, 5.41) is 2.57. The largest absolute Gasteiger partial charge is 0.461 e. The fraction of sp³-hybridized carbons (Fsp3) is 0.538. The van der Waals surface area contributed by atoms with Gasteiger partial charge in [-0.2, -0.15) is 0 Å². The lowest BCUT2D eigenvalue weighted by Crippen LogP contribution is -2.18. The number of carbonyl (C=O) groups excluding carboxylic acids is 2. The first-order valence-electron chi connectivity index (χ1n) is 6.13. The molecule has 0 aliphatic carbocycles. The molecule has 0 saturated carbocycles. The van der Waals surface area contributed by atoms with E-state index >= 15 is 0 Å². The van der Waals surface area contributed by atoms with E-state index < -0.39 is 0 Å². The van der Waals surface area contributed by atoms with Crippen molar-refractivity contribution in [2.45, 2.75) is 33.2 Å². The Labute approximate surface area is 107 Å². The number of aromatic nitrogens is 1. The number of aryl methyl sites for hydroxylation is 2. The maximum absolute atomic E-state index is 11.8. The molecule has 0 saturated heterocycles. The van der Waals surface area contributed by atoms with Crippen molar-refractivity contribution in [1.29, 1.82) is 0 Å². The number of esters is 1. The number of hydrogen-bond acceptors (Lipinski definition) is 3. The van der Waals surface area contributed by atoms with Gasteiger partial charge in [-0.3, -0.25) is 4.79 Å². The minimum atomic E-state index is -0.306. The van der Waals surface area contributed by atoms with Crippen LogP contribution >= 0.6 is 0 Å². The number of hydrogen-bond donors (Lipinski definition) is 1. The maximum atomic E-state index is 11.8. The fourth-order valence-corrected chi connectivity index (χ4v) is 1.78. The van der Waals surface area contributed by atoms with Gasteiger partial charge in [0.15, 0.2) is 0 Å². The van der Waals surface area contributed by atoms with Gasteiger partial charge in [0.05, 0.1) is 6.61 Å². The van der Waals surface area contributed by atoms with Crippen molar-refractivity contribution < 1.29 is 14.3 Å². The fourth-order valence-electron chi connectivity index (χ4n) is 1.78. The molecule has 0 atom stereocenters. The van der Waals surface area contributed by atoms with E-state index in [2.05, 4.69) is 5.32 Å². The number of nitrogens with one attached hydrogen (secondary N) is 1. The van der Waals surface area contributed by atoms with Crippen molar-refractivity contribution in [1.82, 2.24) is 9.88 Å². The predicted molar refractivity (Wildman–Crippen MR) is 68.4 cm³/mol. The molecule has 1 aromatic heterocycles. The van der Waals surface area contributed by atoms with Gasteiger partial charge < -0.3 is 14.6 Å². The monoisotopic (exact) mass is 252 g/mol. The van der Waals surface area contributed by atoms with Gasteiger partial charge in [0, 0.05) is 26.2 Å². The molecule has 0 radical (unpaired) electrons. The standard InChI is InChI=1S/C13H20N2O3/c1-4-18-13(17)12-10(2)7-9-15(12)8-5-6-11(16)14-3/h7,9H,4-6,8H2,1-3H3,(H,14,16). The van der Waals surface area contributed by atoms with Crippen LogP contribution in [-0.4, -0.2) is 30.1 Å². The van der Waals surface area contributed by atoms with Crippen molar-refractivity contribution in [3.05, 3.63) is 23.5 Å². The summed E-state index contributed by atoms with van der Waals surface area (Å²) >= 11 is 0. The number of rotatable bonds is 6. The van der Waals surface area contributed by atoms with Gasteiger partial charge in [-0.05, 0) is 31.9 Å². The van der Waals surface area contributed by atoms with Crippen LogP contribution in [0.2, 0.25) is 0 Å². The Kier molecular flexibility index (Phi) is 5.42. The highest BCUT2D eigenvalue weighted by atomic mass is 16.5. The summed E-state index contributed by atoms with van der Waals surface area (Å²) in [5.74, 6) is -0.295. The summed E-state index contributed by atoms with van der Waals surface area (Å²) in [6.07, 6.45) is 3.00. The Hall–Kier alpha value is -1.78. The molecule has 0 fully saturated rings. The summed E-state index contributed by atoms with van der Waals surface area (Å²) < 4.78 is 6.86. The summed E-state index contributed by atoms with van der Waals surface area (Å²) in [4.78, 5) is 22.9. The van der Waals surface area contributed by atoms with Gasteiger partial charge in [-0.25, -0.2) is 4.79 Å². The van der Waals surface area contributed by atoms with Gasteiger partial charge in [0.2, 0.25) is 5.91 Å². The lowest BCUT2D eigenvalue weighted by molar-refractivity contribution is -0.120. The van der Waals surface area contributed by atoms with Gasteiger partial charge in [-0.1, -0.05) is 0 Å². The molecule has 18 heavy (non-hydrogen) atoms. The van der Waals surface area contributed by atoms with E-state index in [0.29, 0.717) is 31.7 Å². The molecule has 1 rings (SSSR count). The predicted octanol–water partition coefficient (Wildman–Crippen LogP) is 1.50. The van der Waals surface area contributed by atoms with Crippen LogP contribution in [0.5, 0.6) is 0 Å². The third-order valence-corrected chi connectivity index (χ3v) is 2.72. The molecular weight excluding hydrogens is 232 g/mol. The third kappa shape index (κ3) is 3.61. The second-order valence-electron chi connectivity index (χ2n) is 4.04. The van der Waals surface area contributed by atoms with Crippen molar-refractivity contribution in [2.24, 2.45) is 0 Å². The Bertz CT molecular complexity index is 424. The molecule has 0 aromatic carbocycles. The molecular formula is C13H20N2O3. The zero-order valence-electron chi connectivity index (χ0n) is 11.2. The minimum Gasteiger partial charge on any atom is -0.461 e. The molecule has 1 N–H and O–H groups in total. The first-order valence-corrected chi connectivity index (χ1v) is 6.13. The summed E-state index contributed by atoms with van der Waals surface area (Å²) in [5.41, 5.74) is 1.47. The average Bonchev–Trinajstić information content (AvgIpc) is 2.70. The summed E-state index contributed by atoms with van der Waals surface area (Å²) in [6.45, 7) is 4.66. The molecule has 5 nitrogen and oxygen atoms in total. The highest BCUT2D eigenvalue weighted by Gasteiger charge is 2.15. The van der Waals surface area contributed by atoms with E-state index in [1.54, 1.807) is 14.0 Å². The van der Waals surface area contributed by atoms with E-state index in [1.807, 2.05) is 23.8 Å². The SMILES string of the molecule is CCOC(=O)c1c(C)ccn1CCCC(=O)NC. The molecule has 1 heterocycles. The molecule has 0 bridgehead atoms. The van der Waals surface area contributed by atoms with Crippen molar-refractivity contribution in [3.63, 3.8) is 0 Å². The van der Waals surface area contributed by atoms with Crippen LogP contribution in [0.4, 0.5) is 0 Å². The molecule has 100 valence electrons. The topological polar surface area (TPSA) is 60.3 Å². The van der Waals surface area contributed by atoms with Gasteiger partial charge >= 0.3 is 5.97 Å². The van der Waals surface area contributed by atoms with Gasteiger partial charge in [0.25, 0.3) is 0 Å². The number of ether oxygens (including phenoxy) is 1. The highest BCUT2D eigenvalue weighted by molar-refractivity contribution is 5.89. The van der Waals surface area contributed by atoms with Crippen LogP contribution in [0, 0.1) is 6.92 Å². The zero-order chi connectivity index (χ0) is 13.5. The second kappa shape index (κ2) is 6.83. The first kappa shape index (κ1) is 14.3. The van der Waals surface area contributed by atoms with Crippen LogP contribution in [-0.2, 0) is 16.1 Å². The molecule has 1 amide bonds. The van der Waals surface area contributed by atoms with Crippen LogP contribution < -0.4 is 5.32 Å². The Balaban J connectivity index is 2.66. The van der Waals surface area contributed by atoms with E-state index in [1.165, 1.54) is 0 Å². The quantitative estimate of drug-likeness (QED) is 0.780. The van der Waals surface area contributed by atoms with Gasteiger partial charge in [-0.15, -0.1) is 0 Å². The van der Waals surface area contributed by atoms with Crippen LogP contribution in [0.25, 0.3) is 0 Å². The average molecular weight is 252 g/mol. The van der Waals surface area contributed by atoms with E-state index in [4.69, 9.17) is 4.74 Å². The molecule has 0 aliphatic heterocycles. The van der Waals surface area contributed by atoms with E-state index in [0.717, 1.165) is 5.56 Å². The van der Waals surface area contributed by atoms with Crippen LogP contribution in [0.1, 0.15) is 35.8 Å². The molecule has 0 unspecified atom stereocenters. The number of amides is 1. The lowest BCUT2D eigenvalue weighted by Gasteiger charge is -2.09. The second-order valence-corrected chi connectivity index (χ2v) is 4.04. The summed E-state index contributed by atoms with van der Waals surface area (Å²) in [7, 11) is 1.62. The normalized spacial score (nSPS) is 10.2. The number of nitrogens with zero attached hydrogens (tertiary/aromatic N) is 1. The van der Waals surface area contributed by atoms with E-state index in [9.17, 15) is 9.59 Å². The Morgan fingerprint density at radius 1 is 1.44 bits per heavy atom. The smallest absolute Gasteiger partial charge is 0.355 e. The highest BCUT2D eigenvalue weighted by Crippen LogP contribution is 2.12. The molecule has 0 aliphatic rings. The minimum absolute atomic E-state index is 0.0107.